The Bertz CT molecular complexity index is 1170. The molecule has 182 valence electrons. The summed E-state index contributed by atoms with van der Waals surface area (Å²) in [5, 5.41) is 0.735. The second-order valence-electron chi connectivity index (χ2n) is 8.52. The number of aromatic nitrogens is 2. The van der Waals surface area contributed by atoms with Gasteiger partial charge in [-0.05, 0) is 47.4 Å². The summed E-state index contributed by atoms with van der Waals surface area (Å²) in [6, 6.07) is 26.4. The Morgan fingerprint density at radius 2 is 1.71 bits per heavy atom. The molecule has 0 unspecified atom stereocenters. The highest BCUT2D eigenvalue weighted by Crippen LogP contribution is 2.32. The van der Waals surface area contributed by atoms with E-state index < -0.39 is 5.79 Å². The van der Waals surface area contributed by atoms with Gasteiger partial charge in [0.25, 0.3) is 0 Å². The minimum atomic E-state index is -0.731. The molecule has 0 saturated carbocycles. The smallest absolute Gasteiger partial charge is 0.187 e. The van der Waals surface area contributed by atoms with E-state index in [-0.39, 0.29) is 18.5 Å². The lowest BCUT2D eigenvalue weighted by atomic mass is 10.0. The molecule has 4 aromatic rings. The molecular formula is C28H28Cl2N2O3. The van der Waals surface area contributed by atoms with Crippen molar-refractivity contribution < 1.29 is 14.2 Å². The molecule has 2 atom stereocenters. The van der Waals surface area contributed by atoms with Crippen molar-refractivity contribution in [3.63, 3.8) is 0 Å². The fraction of sp³-hybridized carbons (Fsp3) is 0.250. The lowest BCUT2D eigenvalue weighted by molar-refractivity contribution is -0.184. The topological polar surface area (TPSA) is 45.5 Å². The van der Waals surface area contributed by atoms with Crippen LogP contribution >= 0.6 is 24.0 Å². The van der Waals surface area contributed by atoms with Crippen molar-refractivity contribution in [2.45, 2.75) is 31.3 Å². The van der Waals surface area contributed by atoms with Gasteiger partial charge in [-0.15, -0.1) is 12.4 Å². The first-order valence-electron chi connectivity index (χ1n) is 11.5. The highest BCUT2D eigenvalue weighted by Gasteiger charge is 2.42. The molecule has 0 aliphatic carbocycles. The Hall–Kier alpha value is -2.83. The van der Waals surface area contributed by atoms with Crippen LogP contribution in [0.15, 0.2) is 97.6 Å². The van der Waals surface area contributed by atoms with Crippen molar-refractivity contribution in [1.29, 1.82) is 0 Å². The van der Waals surface area contributed by atoms with E-state index >= 15 is 0 Å². The third-order valence-electron chi connectivity index (χ3n) is 6.00. The number of rotatable bonds is 9. The molecule has 1 aromatic heterocycles. The van der Waals surface area contributed by atoms with Crippen molar-refractivity contribution >= 4 is 24.0 Å². The van der Waals surface area contributed by atoms with E-state index in [0.717, 1.165) is 29.2 Å². The van der Waals surface area contributed by atoms with Crippen LogP contribution in [-0.4, -0.2) is 34.7 Å². The number of ether oxygens (including phenoxy) is 3. The molecule has 0 spiro atoms. The van der Waals surface area contributed by atoms with Gasteiger partial charge in [0, 0.05) is 23.8 Å². The summed E-state index contributed by atoms with van der Waals surface area (Å²) < 4.78 is 20.8. The summed E-state index contributed by atoms with van der Waals surface area (Å²) in [4.78, 5) is 4.16. The van der Waals surface area contributed by atoms with Gasteiger partial charge in [0.2, 0.25) is 0 Å². The average Bonchev–Trinajstić information content (AvgIpc) is 3.54. The van der Waals surface area contributed by atoms with Crippen LogP contribution < -0.4 is 4.74 Å². The number of halogens is 2. The Labute approximate surface area is 217 Å². The molecule has 3 aromatic carbocycles. The van der Waals surface area contributed by atoms with Crippen molar-refractivity contribution in [2.75, 3.05) is 13.2 Å². The second-order valence-corrected chi connectivity index (χ2v) is 8.96. The van der Waals surface area contributed by atoms with E-state index in [1.165, 1.54) is 11.1 Å². The molecule has 5 rings (SSSR count). The first-order valence-corrected chi connectivity index (χ1v) is 11.9. The van der Waals surface area contributed by atoms with Crippen LogP contribution in [0.5, 0.6) is 5.75 Å². The zero-order chi connectivity index (χ0) is 23.2. The van der Waals surface area contributed by atoms with E-state index in [0.29, 0.717) is 19.8 Å². The maximum atomic E-state index is 6.46. The first-order chi connectivity index (χ1) is 16.7. The van der Waals surface area contributed by atoms with Crippen LogP contribution in [0.1, 0.15) is 12.0 Å². The molecule has 0 amide bonds. The van der Waals surface area contributed by atoms with Gasteiger partial charge in [-0.2, -0.15) is 0 Å². The SMILES string of the molecule is Cl.Clc1ccc(CC[C@@]2(Cn3ccnc3)OC[C@H](COc3ccc(-c4ccccc4)cc3)O2)cc1. The molecule has 0 bridgehead atoms. The van der Waals surface area contributed by atoms with Gasteiger partial charge in [0.1, 0.15) is 18.5 Å². The van der Waals surface area contributed by atoms with Crippen molar-refractivity contribution in [3.8, 4) is 16.9 Å². The fourth-order valence-electron chi connectivity index (χ4n) is 4.20. The first kappa shape index (κ1) is 25.3. The van der Waals surface area contributed by atoms with Crippen LogP contribution in [0, 0.1) is 0 Å². The summed E-state index contributed by atoms with van der Waals surface area (Å²) in [7, 11) is 0. The number of hydrogen-bond donors (Lipinski definition) is 0. The Morgan fingerprint density at radius 3 is 2.43 bits per heavy atom. The summed E-state index contributed by atoms with van der Waals surface area (Å²) in [5.41, 5.74) is 3.54. The Balaban J connectivity index is 0.00000289. The molecule has 35 heavy (non-hydrogen) atoms. The van der Waals surface area contributed by atoms with Gasteiger partial charge in [-0.1, -0.05) is 66.2 Å². The maximum Gasteiger partial charge on any atom is 0.187 e. The predicted molar refractivity (Wildman–Crippen MR) is 140 cm³/mol. The number of hydrogen-bond acceptors (Lipinski definition) is 4. The number of nitrogens with zero attached hydrogens (tertiary/aromatic N) is 2. The summed E-state index contributed by atoms with van der Waals surface area (Å²) in [5.74, 6) is 0.0856. The number of benzene rings is 3. The van der Waals surface area contributed by atoms with E-state index in [4.69, 9.17) is 25.8 Å². The van der Waals surface area contributed by atoms with Gasteiger partial charge in [-0.25, -0.2) is 4.98 Å². The lowest BCUT2D eigenvalue weighted by Gasteiger charge is -2.28. The van der Waals surface area contributed by atoms with Crippen LogP contribution in [0.25, 0.3) is 11.1 Å². The number of aryl methyl sites for hydroxylation is 1. The second kappa shape index (κ2) is 11.7. The molecule has 5 nitrogen and oxygen atoms in total. The average molecular weight is 511 g/mol. The lowest BCUT2D eigenvalue weighted by Crippen LogP contribution is -2.37. The molecule has 1 saturated heterocycles. The quantitative estimate of drug-likeness (QED) is 0.259. The zero-order valence-electron chi connectivity index (χ0n) is 19.3. The minimum absolute atomic E-state index is 0. The van der Waals surface area contributed by atoms with Crippen LogP contribution in [0.2, 0.25) is 5.02 Å². The van der Waals surface area contributed by atoms with E-state index in [1.54, 1.807) is 12.5 Å². The zero-order valence-corrected chi connectivity index (χ0v) is 20.8. The van der Waals surface area contributed by atoms with Gasteiger partial charge in [0.05, 0.1) is 19.5 Å². The van der Waals surface area contributed by atoms with Crippen molar-refractivity contribution in [2.24, 2.45) is 0 Å². The van der Waals surface area contributed by atoms with Gasteiger partial charge < -0.3 is 18.8 Å². The summed E-state index contributed by atoms with van der Waals surface area (Å²) >= 11 is 6.03. The third kappa shape index (κ3) is 6.65. The molecule has 1 aliphatic heterocycles. The van der Waals surface area contributed by atoms with Gasteiger partial charge in [0.15, 0.2) is 5.79 Å². The van der Waals surface area contributed by atoms with Gasteiger partial charge in [-0.3, -0.25) is 0 Å². The normalized spacial score (nSPS) is 19.3. The molecule has 0 N–H and O–H groups in total. The minimum Gasteiger partial charge on any atom is -0.491 e. The Kier molecular flexibility index (Phi) is 8.47. The third-order valence-corrected chi connectivity index (χ3v) is 6.25. The van der Waals surface area contributed by atoms with Crippen molar-refractivity contribution in [1.82, 2.24) is 9.55 Å². The molecule has 2 heterocycles. The predicted octanol–water partition coefficient (Wildman–Crippen LogP) is 6.45. The maximum absolute atomic E-state index is 6.46. The monoisotopic (exact) mass is 510 g/mol. The van der Waals surface area contributed by atoms with Crippen LogP contribution in [-0.2, 0) is 22.4 Å². The largest absolute Gasteiger partial charge is 0.491 e. The fourth-order valence-corrected chi connectivity index (χ4v) is 4.33. The van der Waals surface area contributed by atoms with Gasteiger partial charge >= 0.3 is 0 Å². The molecule has 1 aliphatic rings. The van der Waals surface area contributed by atoms with Crippen LogP contribution in [0.3, 0.4) is 0 Å². The standard InChI is InChI=1S/C28H27ClN2O3.ClH/c29-25-10-6-22(7-11-25)14-15-28(20-31-17-16-30-21-31)33-19-27(34-28)18-32-26-12-8-24(9-13-26)23-4-2-1-3-5-23;/h1-13,16-17,21,27H,14-15,18-20H2;1H/t27-,28+;/m0./s1. The van der Waals surface area contributed by atoms with E-state index in [1.807, 2.05) is 65.4 Å². The van der Waals surface area contributed by atoms with Crippen LogP contribution in [0.4, 0.5) is 0 Å². The highest BCUT2D eigenvalue weighted by atomic mass is 35.5. The number of imidazole rings is 1. The Morgan fingerprint density at radius 1 is 0.971 bits per heavy atom. The molecular weight excluding hydrogens is 483 g/mol. The molecule has 7 heteroatoms. The summed E-state index contributed by atoms with van der Waals surface area (Å²) in [6.07, 6.45) is 6.86. The van der Waals surface area contributed by atoms with Crippen molar-refractivity contribution in [3.05, 3.63) is 108 Å². The van der Waals surface area contributed by atoms with E-state index in [2.05, 4.69) is 29.2 Å². The summed E-state index contributed by atoms with van der Waals surface area (Å²) in [6.45, 7) is 1.48. The highest BCUT2D eigenvalue weighted by molar-refractivity contribution is 6.30. The molecule has 1 fully saturated rings. The van der Waals surface area contributed by atoms with E-state index in [9.17, 15) is 0 Å². The molecule has 0 radical (unpaired) electrons.